The standard InChI is InChI=1S/C16H16N4O3S/c1-11-4-2-3-5-12(11)13-10-18(6-8-23-13)14-15(20(21)22)19-7-9-24-16(19)17-14/h2-5,7,9,13H,6,8,10H2,1H3. The first kappa shape index (κ1) is 15.1. The second-order valence-corrected chi connectivity index (χ2v) is 6.61. The van der Waals surface area contributed by atoms with Crippen LogP contribution in [-0.4, -0.2) is 34.0 Å². The highest BCUT2D eigenvalue weighted by molar-refractivity contribution is 7.15. The summed E-state index contributed by atoms with van der Waals surface area (Å²) in [5.74, 6) is 0.449. The molecule has 3 aromatic rings. The average molecular weight is 344 g/mol. The van der Waals surface area contributed by atoms with Crippen LogP contribution in [0.15, 0.2) is 35.8 Å². The minimum absolute atomic E-state index is 0.0247. The van der Waals surface area contributed by atoms with Gasteiger partial charge in [0.25, 0.3) is 4.96 Å². The highest BCUT2D eigenvalue weighted by Crippen LogP contribution is 2.34. The van der Waals surface area contributed by atoms with Crippen LogP contribution >= 0.6 is 11.3 Å². The topological polar surface area (TPSA) is 72.9 Å². The molecule has 124 valence electrons. The zero-order valence-corrected chi connectivity index (χ0v) is 13.9. The van der Waals surface area contributed by atoms with Gasteiger partial charge in [0, 0.05) is 11.9 Å². The van der Waals surface area contributed by atoms with Crippen LogP contribution < -0.4 is 4.90 Å². The molecule has 1 aliphatic heterocycles. The highest BCUT2D eigenvalue weighted by Gasteiger charge is 2.32. The molecule has 2 aromatic heterocycles. The van der Waals surface area contributed by atoms with Gasteiger partial charge < -0.3 is 19.8 Å². The van der Waals surface area contributed by atoms with Crippen molar-refractivity contribution in [3.63, 3.8) is 0 Å². The number of nitrogens with zero attached hydrogens (tertiary/aromatic N) is 4. The molecule has 0 spiro atoms. The van der Waals surface area contributed by atoms with Crippen molar-refractivity contribution < 1.29 is 9.66 Å². The highest BCUT2D eigenvalue weighted by atomic mass is 32.1. The summed E-state index contributed by atoms with van der Waals surface area (Å²) in [5.41, 5.74) is 2.27. The van der Waals surface area contributed by atoms with Gasteiger partial charge in [0.05, 0.1) is 13.2 Å². The fourth-order valence-corrected chi connectivity index (χ4v) is 3.83. The van der Waals surface area contributed by atoms with Crippen molar-refractivity contribution in [2.24, 2.45) is 0 Å². The zero-order chi connectivity index (χ0) is 16.7. The molecule has 0 saturated carbocycles. The fourth-order valence-electron chi connectivity index (χ4n) is 3.12. The number of imidazole rings is 1. The van der Waals surface area contributed by atoms with Crippen LogP contribution in [0.25, 0.3) is 4.96 Å². The van der Waals surface area contributed by atoms with Gasteiger partial charge in [-0.3, -0.25) is 0 Å². The number of rotatable bonds is 3. The summed E-state index contributed by atoms with van der Waals surface area (Å²) in [4.78, 5) is 18.2. The van der Waals surface area contributed by atoms with Crippen molar-refractivity contribution in [2.45, 2.75) is 13.0 Å². The third-order valence-corrected chi connectivity index (χ3v) is 5.05. The van der Waals surface area contributed by atoms with E-state index in [-0.39, 0.29) is 16.8 Å². The second-order valence-electron chi connectivity index (χ2n) is 5.73. The van der Waals surface area contributed by atoms with E-state index in [1.165, 1.54) is 15.7 Å². The molecule has 1 aliphatic rings. The molecule has 1 saturated heterocycles. The van der Waals surface area contributed by atoms with Crippen molar-refractivity contribution in [2.75, 3.05) is 24.6 Å². The number of benzene rings is 1. The molecule has 7 nitrogen and oxygen atoms in total. The van der Waals surface area contributed by atoms with Crippen LogP contribution in [0.4, 0.5) is 11.6 Å². The van der Waals surface area contributed by atoms with E-state index in [0.29, 0.717) is 30.5 Å². The van der Waals surface area contributed by atoms with Crippen LogP contribution in [0.1, 0.15) is 17.2 Å². The quantitative estimate of drug-likeness (QED) is 0.539. The van der Waals surface area contributed by atoms with Gasteiger partial charge in [-0.1, -0.05) is 35.6 Å². The predicted octanol–water partition coefficient (Wildman–Crippen LogP) is 3.19. The number of hydrogen-bond donors (Lipinski definition) is 0. The lowest BCUT2D eigenvalue weighted by Crippen LogP contribution is -2.39. The lowest BCUT2D eigenvalue weighted by atomic mass is 10.0. The average Bonchev–Trinajstić information content (AvgIpc) is 3.15. The van der Waals surface area contributed by atoms with E-state index in [2.05, 4.69) is 4.98 Å². The maximum atomic E-state index is 11.5. The predicted molar refractivity (Wildman–Crippen MR) is 91.8 cm³/mol. The summed E-state index contributed by atoms with van der Waals surface area (Å²) >= 11 is 1.39. The van der Waals surface area contributed by atoms with Crippen LogP contribution in [0, 0.1) is 17.0 Å². The molecule has 0 amide bonds. The van der Waals surface area contributed by atoms with Crippen molar-refractivity contribution in [3.05, 3.63) is 57.1 Å². The van der Waals surface area contributed by atoms with E-state index in [0.717, 1.165) is 11.1 Å². The van der Waals surface area contributed by atoms with E-state index in [1.807, 2.05) is 36.1 Å². The number of aryl methyl sites for hydroxylation is 1. The minimum Gasteiger partial charge on any atom is -0.370 e. The maximum Gasteiger partial charge on any atom is 0.373 e. The molecule has 1 fully saturated rings. The maximum absolute atomic E-state index is 11.5. The summed E-state index contributed by atoms with van der Waals surface area (Å²) in [5, 5.41) is 13.3. The zero-order valence-electron chi connectivity index (χ0n) is 13.1. The van der Waals surface area contributed by atoms with Crippen LogP contribution in [0.2, 0.25) is 0 Å². The van der Waals surface area contributed by atoms with Gasteiger partial charge in [-0.2, -0.15) is 9.38 Å². The summed E-state index contributed by atoms with van der Waals surface area (Å²) in [6, 6.07) is 8.07. The number of anilines is 1. The van der Waals surface area contributed by atoms with Crippen LogP contribution in [0.5, 0.6) is 0 Å². The molecule has 0 aliphatic carbocycles. The first-order valence-electron chi connectivity index (χ1n) is 7.67. The summed E-state index contributed by atoms with van der Waals surface area (Å²) in [7, 11) is 0. The van der Waals surface area contributed by atoms with Crippen molar-refractivity contribution in [3.8, 4) is 0 Å². The first-order valence-corrected chi connectivity index (χ1v) is 8.55. The molecule has 0 radical (unpaired) electrons. The van der Waals surface area contributed by atoms with Crippen molar-refractivity contribution in [1.29, 1.82) is 0 Å². The molecule has 1 unspecified atom stereocenters. The third kappa shape index (κ3) is 2.44. The van der Waals surface area contributed by atoms with Gasteiger partial charge >= 0.3 is 5.82 Å². The molecule has 1 atom stereocenters. The Hall–Kier alpha value is -2.45. The molecule has 1 aromatic carbocycles. The lowest BCUT2D eigenvalue weighted by Gasteiger charge is -2.33. The Morgan fingerprint density at radius 2 is 2.25 bits per heavy atom. The Morgan fingerprint density at radius 1 is 1.42 bits per heavy atom. The van der Waals surface area contributed by atoms with Gasteiger partial charge in [-0.05, 0) is 23.0 Å². The van der Waals surface area contributed by atoms with Gasteiger partial charge in [-0.25, -0.2) is 0 Å². The van der Waals surface area contributed by atoms with Gasteiger partial charge in [0.2, 0.25) is 5.82 Å². The van der Waals surface area contributed by atoms with E-state index in [9.17, 15) is 10.1 Å². The van der Waals surface area contributed by atoms with Gasteiger partial charge in [-0.15, -0.1) is 0 Å². The molecule has 0 bridgehead atoms. The number of morpholine rings is 1. The number of aromatic nitrogens is 2. The van der Waals surface area contributed by atoms with Crippen molar-refractivity contribution >= 4 is 27.9 Å². The first-order chi connectivity index (χ1) is 11.6. The number of fused-ring (bicyclic) bond motifs is 1. The molecule has 3 heterocycles. The summed E-state index contributed by atoms with van der Waals surface area (Å²) < 4.78 is 7.45. The second kappa shape index (κ2) is 5.88. The molecule has 4 rings (SSSR count). The number of hydrogen-bond acceptors (Lipinski definition) is 6. The van der Waals surface area contributed by atoms with Crippen molar-refractivity contribution in [1.82, 2.24) is 9.38 Å². The fraction of sp³-hybridized carbons (Fsp3) is 0.312. The van der Waals surface area contributed by atoms with E-state index < -0.39 is 0 Å². The van der Waals surface area contributed by atoms with E-state index in [1.54, 1.807) is 11.6 Å². The Labute approximate surface area is 142 Å². The summed E-state index contributed by atoms with van der Waals surface area (Å²) in [6.45, 7) is 3.71. The summed E-state index contributed by atoms with van der Waals surface area (Å²) in [6.07, 6.45) is 1.58. The monoisotopic (exact) mass is 344 g/mol. The third-order valence-electron chi connectivity index (χ3n) is 4.29. The Morgan fingerprint density at radius 3 is 3.04 bits per heavy atom. The van der Waals surface area contributed by atoms with E-state index >= 15 is 0 Å². The smallest absolute Gasteiger partial charge is 0.370 e. The van der Waals surface area contributed by atoms with Crippen LogP contribution in [0.3, 0.4) is 0 Å². The Balaban J connectivity index is 1.70. The van der Waals surface area contributed by atoms with E-state index in [4.69, 9.17) is 4.74 Å². The molecule has 0 N–H and O–H groups in total. The molecular weight excluding hydrogens is 328 g/mol. The van der Waals surface area contributed by atoms with Gasteiger partial charge in [0.1, 0.15) is 12.3 Å². The number of nitro groups is 1. The van der Waals surface area contributed by atoms with Gasteiger partial charge in [0.15, 0.2) is 0 Å². The largest absolute Gasteiger partial charge is 0.373 e. The normalized spacial score (nSPS) is 18.2. The number of thiazole rings is 1. The molecule has 8 heteroatoms. The Kier molecular flexibility index (Phi) is 3.70. The molecule has 24 heavy (non-hydrogen) atoms. The Bertz CT molecular complexity index is 904. The minimum atomic E-state index is -0.361. The molecular formula is C16H16N4O3S. The number of ether oxygens (including phenoxy) is 1. The lowest BCUT2D eigenvalue weighted by molar-refractivity contribution is -0.389. The van der Waals surface area contributed by atoms with Crippen LogP contribution in [-0.2, 0) is 4.74 Å². The SMILES string of the molecule is Cc1ccccc1C1CN(c2nc3sccn3c2[N+](=O)[O-])CCO1.